The van der Waals surface area contributed by atoms with E-state index in [1.54, 1.807) is 12.1 Å². The van der Waals surface area contributed by atoms with E-state index >= 15 is 0 Å². The average Bonchev–Trinajstić information content (AvgIpc) is 3.25. The number of piperazine rings is 1. The number of carbonyl (C=O) groups is 1. The number of halogens is 1. The van der Waals surface area contributed by atoms with Crippen molar-refractivity contribution in [2.75, 3.05) is 46.4 Å². The number of methoxy groups -OCH3 is 1. The van der Waals surface area contributed by atoms with Crippen molar-refractivity contribution in [1.29, 1.82) is 0 Å². The molecule has 7 heteroatoms. The summed E-state index contributed by atoms with van der Waals surface area (Å²) in [6, 6.07) is 15.4. The molecule has 2 heterocycles. The summed E-state index contributed by atoms with van der Waals surface area (Å²) in [5, 5.41) is 7.08. The molecule has 1 fully saturated rings. The zero-order valence-corrected chi connectivity index (χ0v) is 18.9. The summed E-state index contributed by atoms with van der Waals surface area (Å²) in [6.07, 6.45) is 0.630. The van der Waals surface area contributed by atoms with Gasteiger partial charge in [-0.2, -0.15) is 5.10 Å². The minimum Gasteiger partial charge on any atom is -0.497 e. The van der Waals surface area contributed by atoms with Crippen LogP contribution in [0.1, 0.15) is 30.5 Å². The van der Waals surface area contributed by atoms with Crippen molar-refractivity contribution in [3.8, 4) is 5.75 Å². The molecule has 0 aliphatic carbocycles. The van der Waals surface area contributed by atoms with Crippen LogP contribution in [0.5, 0.6) is 5.75 Å². The number of hydrogen-bond donors (Lipinski definition) is 0. The van der Waals surface area contributed by atoms with Crippen molar-refractivity contribution in [2.24, 2.45) is 5.10 Å². The zero-order valence-electron chi connectivity index (χ0n) is 18.1. The van der Waals surface area contributed by atoms with Crippen molar-refractivity contribution < 1.29 is 9.53 Å². The molecule has 1 amide bonds. The first kappa shape index (κ1) is 21.8. The topological polar surface area (TPSA) is 48.4 Å². The number of nitrogens with zero attached hydrogens (tertiary/aromatic N) is 4. The number of carbonyl (C=O) groups excluding carboxylic acids is 1. The summed E-state index contributed by atoms with van der Waals surface area (Å²) in [5.74, 6) is 0.813. The minimum absolute atomic E-state index is 0.0211. The van der Waals surface area contributed by atoms with Crippen LogP contribution in [0, 0.1) is 0 Å². The van der Waals surface area contributed by atoms with E-state index < -0.39 is 0 Å². The predicted octanol–water partition coefficient (Wildman–Crippen LogP) is 3.66. The summed E-state index contributed by atoms with van der Waals surface area (Å²) in [6.45, 7) is 7.42. The maximum atomic E-state index is 13.3. The van der Waals surface area contributed by atoms with Gasteiger partial charge in [0.25, 0.3) is 5.91 Å². The van der Waals surface area contributed by atoms with Gasteiger partial charge in [0.2, 0.25) is 0 Å². The van der Waals surface area contributed by atoms with Gasteiger partial charge in [-0.15, -0.1) is 0 Å². The van der Waals surface area contributed by atoms with Gasteiger partial charge >= 0.3 is 0 Å². The third-order valence-corrected chi connectivity index (χ3v) is 6.45. The molecule has 164 valence electrons. The Labute approximate surface area is 189 Å². The summed E-state index contributed by atoms with van der Waals surface area (Å²) in [4.78, 5) is 18.0. The van der Waals surface area contributed by atoms with Crippen LogP contribution in [0.3, 0.4) is 0 Å². The van der Waals surface area contributed by atoms with Gasteiger partial charge in [0.05, 0.1) is 25.4 Å². The molecule has 1 saturated heterocycles. The summed E-state index contributed by atoms with van der Waals surface area (Å²) in [5.41, 5.74) is 2.76. The molecule has 0 bridgehead atoms. The number of benzene rings is 2. The summed E-state index contributed by atoms with van der Waals surface area (Å²) < 4.78 is 5.29. The van der Waals surface area contributed by atoms with E-state index in [0.717, 1.165) is 55.3 Å². The largest absolute Gasteiger partial charge is 0.497 e. The van der Waals surface area contributed by atoms with Crippen LogP contribution in [-0.4, -0.2) is 72.8 Å². The normalized spacial score (nSPS) is 20.0. The van der Waals surface area contributed by atoms with Crippen LogP contribution in [0.25, 0.3) is 0 Å². The van der Waals surface area contributed by atoms with E-state index in [1.807, 2.05) is 48.5 Å². The first-order valence-electron chi connectivity index (χ1n) is 10.8. The van der Waals surface area contributed by atoms with Gasteiger partial charge in [-0.1, -0.05) is 48.9 Å². The van der Waals surface area contributed by atoms with Gasteiger partial charge in [0.15, 0.2) is 0 Å². The lowest BCUT2D eigenvalue weighted by atomic mass is 9.98. The lowest BCUT2D eigenvalue weighted by molar-refractivity contribution is -0.134. The van der Waals surface area contributed by atoms with Gasteiger partial charge in [0.1, 0.15) is 5.75 Å². The second-order valence-corrected chi connectivity index (χ2v) is 8.38. The lowest BCUT2D eigenvalue weighted by Crippen LogP contribution is -2.49. The van der Waals surface area contributed by atoms with E-state index in [2.05, 4.69) is 16.7 Å². The molecule has 6 nitrogen and oxygen atoms in total. The molecule has 0 aromatic heterocycles. The molecule has 31 heavy (non-hydrogen) atoms. The molecule has 2 aromatic rings. The van der Waals surface area contributed by atoms with Gasteiger partial charge in [-0.3, -0.25) is 9.69 Å². The quantitative estimate of drug-likeness (QED) is 0.687. The van der Waals surface area contributed by atoms with Gasteiger partial charge in [0, 0.05) is 43.2 Å². The van der Waals surface area contributed by atoms with E-state index in [9.17, 15) is 4.79 Å². The standard InChI is InChI=1S/C24H29ClN4O2/c1-3-27-12-14-28(15-13-27)17-24(30)29-23(18-8-10-19(31-2)11-9-18)16-22(26-29)20-6-4-5-7-21(20)25/h4-11,23H,3,12-17H2,1-2H3. The fourth-order valence-corrected chi connectivity index (χ4v) is 4.46. The first-order chi connectivity index (χ1) is 15.1. The number of ether oxygens (including phenoxy) is 1. The fraction of sp³-hybridized carbons (Fsp3) is 0.417. The summed E-state index contributed by atoms with van der Waals surface area (Å²) in [7, 11) is 1.65. The third kappa shape index (κ3) is 4.92. The van der Waals surface area contributed by atoms with Crippen molar-refractivity contribution in [3.63, 3.8) is 0 Å². The highest BCUT2D eigenvalue weighted by atomic mass is 35.5. The van der Waals surface area contributed by atoms with E-state index in [0.29, 0.717) is 18.0 Å². The van der Waals surface area contributed by atoms with E-state index in [4.69, 9.17) is 21.4 Å². The molecule has 2 aliphatic rings. The Bertz CT molecular complexity index is 939. The predicted molar refractivity (Wildman–Crippen MR) is 124 cm³/mol. The molecule has 2 aromatic carbocycles. The molecule has 1 unspecified atom stereocenters. The lowest BCUT2D eigenvalue weighted by Gasteiger charge is -2.34. The van der Waals surface area contributed by atoms with Crippen LogP contribution in [0.2, 0.25) is 5.02 Å². The van der Waals surface area contributed by atoms with Crippen LogP contribution in [-0.2, 0) is 4.79 Å². The second-order valence-electron chi connectivity index (χ2n) is 7.97. The first-order valence-corrected chi connectivity index (χ1v) is 11.2. The minimum atomic E-state index is -0.151. The van der Waals surface area contributed by atoms with Gasteiger partial charge < -0.3 is 9.64 Å². The Morgan fingerprint density at radius 1 is 1.06 bits per heavy atom. The number of likely N-dealkylation sites (N-methyl/N-ethyl adjacent to an activating group) is 1. The van der Waals surface area contributed by atoms with Crippen LogP contribution in [0.4, 0.5) is 0 Å². The molecule has 4 rings (SSSR count). The van der Waals surface area contributed by atoms with Crippen molar-refractivity contribution in [2.45, 2.75) is 19.4 Å². The number of hydrogen-bond acceptors (Lipinski definition) is 5. The maximum absolute atomic E-state index is 13.3. The van der Waals surface area contributed by atoms with E-state index in [-0.39, 0.29) is 11.9 Å². The molecular formula is C24H29ClN4O2. The molecule has 0 radical (unpaired) electrons. The highest BCUT2D eigenvalue weighted by Gasteiger charge is 2.34. The fourth-order valence-electron chi connectivity index (χ4n) is 4.21. The molecule has 0 saturated carbocycles. The highest BCUT2D eigenvalue weighted by molar-refractivity contribution is 6.34. The molecule has 1 atom stereocenters. The Morgan fingerprint density at radius 3 is 2.39 bits per heavy atom. The number of rotatable bonds is 6. The van der Waals surface area contributed by atoms with Crippen molar-refractivity contribution in [3.05, 3.63) is 64.7 Å². The Hall–Kier alpha value is -2.41. The molecule has 2 aliphatic heterocycles. The van der Waals surface area contributed by atoms with Crippen LogP contribution in [0.15, 0.2) is 53.6 Å². The van der Waals surface area contributed by atoms with Crippen LogP contribution < -0.4 is 4.74 Å². The summed E-state index contributed by atoms with van der Waals surface area (Å²) >= 11 is 6.43. The van der Waals surface area contributed by atoms with Crippen molar-refractivity contribution >= 4 is 23.2 Å². The van der Waals surface area contributed by atoms with E-state index in [1.165, 1.54) is 0 Å². The van der Waals surface area contributed by atoms with Gasteiger partial charge in [-0.05, 0) is 30.3 Å². The zero-order chi connectivity index (χ0) is 21.8. The van der Waals surface area contributed by atoms with Crippen molar-refractivity contribution in [1.82, 2.24) is 14.8 Å². The molecule has 0 spiro atoms. The Morgan fingerprint density at radius 2 is 1.74 bits per heavy atom. The number of amides is 1. The molecule has 0 N–H and O–H groups in total. The monoisotopic (exact) mass is 440 g/mol. The van der Waals surface area contributed by atoms with Gasteiger partial charge in [-0.25, -0.2) is 5.01 Å². The van der Waals surface area contributed by atoms with Crippen LogP contribution >= 0.6 is 11.6 Å². The second kappa shape index (κ2) is 9.81. The third-order valence-electron chi connectivity index (χ3n) is 6.12. The highest BCUT2D eigenvalue weighted by Crippen LogP contribution is 2.35. The Kier molecular flexibility index (Phi) is 6.90. The number of hydrazone groups is 1. The SMILES string of the molecule is CCN1CCN(CC(=O)N2N=C(c3ccccc3Cl)CC2c2ccc(OC)cc2)CC1. The average molecular weight is 441 g/mol. The molecular weight excluding hydrogens is 412 g/mol. The Balaban J connectivity index is 1.56. The maximum Gasteiger partial charge on any atom is 0.257 e. The smallest absolute Gasteiger partial charge is 0.257 e.